The first kappa shape index (κ1) is 20.0. The Morgan fingerprint density at radius 3 is 2.28 bits per heavy atom. The van der Waals surface area contributed by atoms with Crippen LogP contribution < -0.4 is 14.8 Å². The van der Waals surface area contributed by atoms with Crippen molar-refractivity contribution in [1.82, 2.24) is 5.32 Å². The molecule has 4 bridgehead atoms. The summed E-state index contributed by atoms with van der Waals surface area (Å²) < 4.78 is 11.0. The van der Waals surface area contributed by atoms with Gasteiger partial charge in [0.15, 0.2) is 11.5 Å². The van der Waals surface area contributed by atoms with Gasteiger partial charge in [-0.25, -0.2) is 0 Å². The molecule has 0 heterocycles. The van der Waals surface area contributed by atoms with Crippen LogP contribution in [-0.2, 0) is 9.59 Å². The molecule has 5 rings (SSSR count). The molecule has 1 amide bonds. The van der Waals surface area contributed by atoms with Gasteiger partial charge in [-0.3, -0.25) is 9.59 Å². The molecular formula is C23H31NO5. The van der Waals surface area contributed by atoms with E-state index < -0.39 is 12.0 Å². The fourth-order valence-electron chi connectivity index (χ4n) is 6.30. The van der Waals surface area contributed by atoms with E-state index in [1.54, 1.807) is 19.2 Å². The van der Waals surface area contributed by atoms with Crippen LogP contribution in [0.15, 0.2) is 18.2 Å². The number of nitrogens with one attached hydrogen (secondary N) is 1. The third-order valence-electron chi connectivity index (χ3n) is 7.09. The highest BCUT2D eigenvalue weighted by Crippen LogP contribution is 2.60. The predicted molar refractivity (Wildman–Crippen MR) is 108 cm³/mol. The normalized spacial score (nSPS) is 30.6. The number of amides is 1. The van der Waals surface area contributed by atoms with Gasteiger partial charge in [0.2, 0.25) is 5.91 Å². The lowest BCUT2D eigenvalue weighted by molar-refractivity contribution is -0.147. The second-order valence-electron chi connectivity index (χ2n) is 9.17. The van der Waals surface area contributed by atoms with Gasteiger partial charge < -0.3 is 19.9 Å². The molecule has 6 heteroatoms. The van der Waals surface area contributed by atoms with Gasteiger partial charge in [0.1, 0.15) is 0 Å². The van der Waals surface area contributed by atoms with E-state index in [1.165, 1.54) is 19.3 Å². The summed E-state index contributed by atoms with van der Waals surface area (Å²) in [4.78, 5) is 25.0. The van der Waals surface area contributed by atoms with Gasteiger partial charge in [0, 0.05) is 5.41 Å². The number of methoxy groups -OCH3 is 1. The van der Waals surface area contributed by atoms with E-state index in [-0.39, 0.29) is 17.7 Å². The van der Waals surface area contributed by atoms with Crippen LogP contribution in [0.2, 0.25) is 0 Å². The van der Waals surface area contributed by atoms with E-state index in [0.29, 0.717) is 35.9 Å². The molecule has 4 fully saturated rings. The lowest BCUT2D eigenvalue weighted by atomic mass is 9.49. The third-order valence-corrected chi connectivity index (χ3v) is 7.09. The predicted octanol–water partition coefficient (Wildman–Crippen LogP) is 3.94. The highest BCUT2D eigenvalue weighted by atomic mass is 16.5. The van der Waals surface area contributed by atoms with Crippen molar-refractivity contribution < 1.29 is 24.2 Å². The minimum atomic E-state index is -0.936. The van der Waals surface area contributed by atoms with Crippen molar-refractivity contribution in [2.24, 2.45) is 23.2 Å². The number of hydrogen-bond donors (Lipinski definition) is 2. The number of ether oxygens (including phenoxy) is 2. The van der Waals surface area contributed by atoms with Crippen molar-refractivity contribution in [1.29, 1.82) is 0 Å². The zero-order valence-corrected chi connectivity index (χ0v) is 17.3. The van der Waals surface area contributed by atoms with Crippen LogP contribution in [0, 0.1) is 23.2 Å². The molecule has 2 N–H and O–H groups in total. The molecule has 0 saturated heterocycles. The third kappa shape index (κ3) is 3.94. The van der Waals surface area contributed by atoms with Crippen LogP contribution >= 0.6 is 0 Å². The molecule has 0 aromatic heterocycles. The first-order chi connectivity index (χ1) is 13.9. The molecule has 158 valence electrons. The first-order valence-electron chi connectivity index (χ1n) is 10.8. The van der Waals surface area contributed by atoms with Crippen LogP contribution in [0.1, 0.15) is 63.5 Å². The van der Waals surface area contributed by atoms with Gasteiger partial charge in [0.05, 0.1) is 26.2 Å². The second kappa shape index (κ2) is 7.88. The van der Waals surface area contributed by atoms with Gasteiger partial charge >= 0.3 is 5.97 Å². The highest BCUT2D eigenvalue weighted by Gasteiger charge is 2.54. The Labute approximate surface area is 172 Å². The topological polar surface area (TPSA) is 84.9 Å². The van der Waals surface area contributed by atoms with Crippen molar-refractivity contribution >= 4 is 11.9 Å². The van der Waals surface area contributed by atoms with E-state index in [2.05, 4.69) is 5.32 Å². The van der Waals surface area contributed by atoms with E-state index in [4.69, 9.17) is 9.47 Å². The number of carbonyl (C=O) groups is 2. The summed E-state index contributed by atoms with van der Waals surface area (Å²) in [5, 5.41) is 12.6. The number of benzene rings is 1. The minimum Gasteiger partial charge on any atom is -0.493 e. The lowest BCUT2D eigenvalue weighted by Crippen LogP contribution is -2.54. The maximum Gasteiger partial charge on any atom is 0.305 e. The largest absolute Gasteiger partial charge is 0.493 e. The van der Waals surface area contributed by atoms with Crippen molar-refractivity contribution in [3.8, 4) is 11.5 Å². The van der Waals surface area contributed by atoms with E-state index in [9.17, 15) is 14.7 Å². The minimum absolute atomic E-state index is 0.0377. The van der Waals surface area contributed by atoms with Crippen molar-refractivity contribution in [2.45, 2.75) is 57.9 Å². The van der Waals surface area contributed by atoms with Gasteiger partial charge in [-0.1, -0.05) is 6.07 Å². The SMILES string of the molecule is CCOc1ccc([C@H](CC(=O)O)NC(=O)C23CC4CC(CC(C4)C2)C3)cc1OC. The fourth-order valence-corrected chi connectivity index (χ4v) is 6.30. The summed E-state index contributed by atoms with van der Waals surface area (Å²) in [6, 6.07) is 4.79. The zero-order valence-electron chi connectivity index (χ0n) is 17.3. The molecule has 1 aromatic rings. The summed E-state index contributed by atoms with van der Waals surface area (Å²) in [5.74, 6) is 2.25. The van der Waals surface area contributed by atoms with Crippen LogP contribution in [0.3, 0.4) is 0 Å². The van der Waals surface area contributed by atoms with Gasteiger partial charge in [-0.15, -0.1) is 0 Å². The summed E-state index contributed by atoms with van der Waals surface area (Å²) in [5.41, 5.74) is 0.423. The molecule has 6 nitrogen and oxygen atoms in total. The van der Waals surface area contributed by atoms with Gasteiger partial charge in [-0.05, 0) is 80.9 Å². The Morgan fingerprint density at radius 2 is 1.76 bits per heavy atom. The average Bonchev–Trinajstić information content (AvgIpc) is 2.66. The smallest absolute Gasteiger partial charge is 0.305 e. The number of aliphatic carboxylic acids is 1. The Hall–Kier alpha value is -2.24. The molecular weight excluding hydrogens is 370 g/mol. The van der Waals surface area contributed by atoms with E-state index in [1.807, 2.05) is 13.0 Å². The van der Waals surface area contributed by atoms with Crippen LogP contribution in [0.25, 0.3) is 0 Å². The van der Waals surface area contributed by atoms with Crippen molar-refractivity contribution in [2.75, 3.05) is 13.7 Å². The monoisotopic (exact) mass is 401 g/mol. The summed E-state index contributed by atoms with van der Waals surface area (Å²) in [7, 11) is 1.56. The van der Waals surface area contributed by atoms with Gasteiger partial charge in [-0.2, -0.15) is 0 Å². The molecule has 4 aliphatic carbocycles. The maximum absolute atomic E-state index is 13.4. The Balaban J connectivity index is 1.56. The number of carboxylic acids is 1. The maximum atomic E-state index is 13.4. The number of carbonyl (C=O) groups excluding carboxylic acids is 1. The molecule has 1 atom stereocenters. The van der Waals surface area contributed by atoms with Crippen LogP contribution in [0.5, 0.6) is 11.5 Å². The molecule has 4 saturated carbocycles. The quantitative estimate of drug-likeness (QED) is 0.689. The van der Waals surface area contributed by atoms with Crippen LogP contribution in [0.4, 0.5) is 0 Å². The van der Waals surface area contributed by atoms with Gasteiger partial charge in [0.25, 0.3) is 0 Å². The zero-order chi connectivity index (χ0) is 20.6. The lowest BCUT2D eigenvalue weighted by Gasteiger charge is -2.55. The molecule has 29 heavy (non-hydrogen) atoms. The number of carboxylic acid groups (broad SMARTS) is 1. The summed E-state index contributed by atoms with van der Waals surface area (Å²) >= 11 is 0. The second-order valence-corrected chi connectivity index (χ2v) is 9.17. The Bertz CT molecular complexity index is 754. The fraction of sp³-hybridized carbons (Fsp3) is 0.652. The molecule has 4 aliphatic rings. The average molecular weight is 402 g/mol. The highest BCUT2D eigenvalue weighted by molar-refractivity contribution is 5.84. The van der Waals surface area contributed by atoms with Crippen LogP contribution in [-0.4, -0.2) is 30.7 Å². The molecule has 0 radical (unpaired) electrons. The number of rotatable bonds is 8. The van der Waals surface area contributed by atoms with E-state index >= 15 is 0 Å². The Kier molecular flexibility index (Phi) is 5.45. The van der Waals surface area contributed by atoms with Crippen molar-refractivity contribution in [3.05, 3.63) is 23.8 Å². The molecule has 0 aliphatic heterocycles. The summed E-state index contributed by atoms with van der Waals surface area (Å²) in [6.45, 7) is 2.41. The van der Waals surface area contributed by atoms with Crippen molar-refractivity contribution in [3.63, 3.8) is 0 Å². The molecule has 1 aromatic carbocycles. The Morgan fingerprint density at radius 1 is 1.14 bits per heavy atom. The summed E-state index contributed by atoms with van der Waals surface area (Å²) in [6.07, 6.45) is 6.50. The van der Waals surface area contributed by atoms with E-state index in [0.717, 1.165) is 24.8 Å². The first-order valence-corrected chi connectivity index (χ1v) is 10.8. The standard InChI is InChI=1S/C23H31NO5/c1-3-29-19-5-4-17(9-20(19)28-2)18(10-21(25)26)24-22(27)23-11-14-6-15(12-23)8-16(7-14)13-23/h4-5,9,14-16,18H,3,6-8,10-13H2,1-2H3,(H,24,27)(H,25,26)/t14?,15?,16?,18-,23?/m0/s1. The molecule has 0 spiro atoms. The number of hydrogen-bond acceptors (Lipinski definition) is 4. The molecule has 0 unspecified atom stereocenters.